The van der Waals surface area contributed by atoms with E-state index in [0.29, 0.717) is 0 Å². The van der Waals surface area contributed by atoms with Crippen LogP contribution >= 0.6 is 0 Å². The molecule has 0 atom stereocenters. The van der Waals surface area contributed by atoms with E-state index in [0.717, 1.165) is 0 Å². The van der Waals surface area contributed by atoms with Crippen molar-refractivity contribution < 1.29 is 0 Å². The van der Waals surface area contributed by atoms with Crippen LogP contribution in [0.2, 0.25) is 0 Å². The van der Waals surface area contributed by atoms with E-state index in [9.17, 15) is 0 Å². The maximum atomic E-state index is 2.80. The molecule has 4 heteroatoms. The minimum absolute atomic E-state index is 0.0507. The molecule has 0 saturated heterocycles. The predicted octanol–water partition coefficient (Wildman–Crippen LogP) is 7.34. The van der Waals surface area contributed by atoms with E-state index < -0.39 is 8.07 Å². The fourth-order valence-electron chi connectivity index (χ4n) is 11.6. The van der Waals surface area contributed by atoms with E-state index in [1.54, 1.807) is 0 Å². The number of benzene rings is 7. The van der Waals surface area contributed by atoms with E-state index in [1.165, 1.54) is 110 Å². The highest BCUT2D eigenvalue weighted by atomic mass is 28.3. The van der Waals surface area contributed by atoms with Gasteiger partial charge in [-0.15, -0.1) is 0 Å². The SMILES string of the molecule is Cc1cc2c3c(c1)N1c4ccccc4[Si]4(c5ccccc5-c5ccccc54)c4cccc(c41)B3n1c3c(c4cccc-2c41)-c1ccccc1C3(C)C. The number of anilines is 3. The Labute approximate surface area is 304 Å². The zero-order valence-corrected chi connectivity index (χ0v) is 30.3. The van der Waals surface area contributed by atoms with Crippen molar-refractivity contribution in [3.8, 4) is 33.4 Å². The summed E-state index contributed by atoms with van der Waals surface area (Å²) in [5.74, 6) is 0. The fourth-order valence-corrected chi connectivity index (χ4v) is 17.2. The van der Waals surface area contributed by atoms with Gasteiger partial charge in [-0.05, 0) is 84.1 Å². The molecule has 0 fully saturated rings. The summed E-state index contributed by atoms with van der Waals surface area (Å²) < 4.78 is 2.80. The molecule has 0 N–H and O–H groups in total. The minimum Gasteiger partial charge on any atom is -0.378 e. The summed E-state index contributed by atoms with van der Waals surface area (Å²) in [4.78, 5) is 2.68. The second kappa shape index (κ2) is 8.96. The van der Waals surface area contributed by atoms with Crippen molar-refractivity contribution in [3.63, 3.8) is 0 Å². The Kier molecular flexibility index (Phi) is 4.79. The summed E-state index contributed by atoms with van der Waals surface area (Å²) >= 11 is 0. The Morgan fingerprint density at radius 1 is 0.558 bits per heavy atom. The number of rotatable bonds is 0. The Bertz CT molecular complexity index is 2940. The van der Waals surface area contributed by atoms with Crippen molar-refractivity contribution in [1.82, 2.24) is 4.48 Å². The van der Waals surface area contributed by atoms with Crippen LogP contribution in [0.5, 0.6) is 0 Å². The van der Waals surface area contributed by atoms with Crippen LogP contribution in [0.3, 0.4) is 0 Å². The van der Waals surface area contributed by atoms with Gasteiger partial charge in [0.25, 0.3) is 0 Å². The highest BCUT2D eigenvalue weighted by Gasteiger charge is 2.57. The molecular weight excluding hydrogens is 643 g/mol. The highest BCUT2D eigenvalue weighted by Crippen LogP contribution is 2.56. The zero-order chi connectivity index (χ0) is 34.2. The first-order valence-corrected chi connectivity index (χ1v) is 20.7. The lowest BCUT2D eigenvalue weighted by atomic mass is 9.44. The molecule has 7 aromatic carbocycles. The molecular formula is C48H33BN2Si. The van der Waals surface area contributed by atoms with Gasteiger partial charge in [-0.1, -0.05) is 147 Å². The molecule has 8 aromatic rings. The van der Waals surface area contributed by atoms with E-state index in [-0.39, 0.29) is 12.3 Å². The van der Waals surface area contributed by atoms with Gasteiger partial charge in [-0.3, -0.25) is 0 Å². The van der Waals surface area contributed by atoms with Gasteiger partial charge in [-0.2, -0.15) is 0 Å². The first-order valence-electron chi connectivity index (χ1n) is 18.7. The lowest BCUT2D eigenvalue weighted by molar-refractivity contribution is 0.632. The van der Waals surface area contributed by atoms with E-state index in [1.807, 2.05) is 0 Å². The van der Waals surface area contributed by atoms with Gasteiger partial charge in [0, 0.05) is 50.2 Å². The van der Waals surface area contributed by atoms with Gasteiger partial charge in [0.15, 0.2) is 8.07 Å². The number of nitrogens with zero attached hydrogens (tertiary/aromatic N) is 2. The van der Waals surface area contributed by atoms with Crippen LogP contribution in [0.1, 0.15) is 30.7 Å². The molecule has 13 rings (SSSR count). The Hall–Kier alpha value is -5.84. The Morgan fingerprint density at radius 3 is 1.98 bits per heavy atom. The van der Waals surface area contributed by atoms with Gasteiger partial charge in [0.2, 0.25) is 0 Å². The van der Waals surface area contributed by atoms with Gasteiger partial charge < -0.3 is 9.38 Å². The number of hydrogen-bond donors (Lipinski definition) is 0. The summed E-state index contributed by atoms with van der Waals surface area (Å²) in [5.41, 5.74) is 20.7. The zero-order valence-electron chi connectivity index (χ0n) is 29.3. The van der Waals surface area contributed by atoms with E-state index in [4.69, 9.17) is 0 Å². The lowest BCUT2D eigenvalue weighted by Gasteiger charge is -2.49. The van der Waals surface area contributed by atoms with Crippen LogP contribution in [0, 0.1) is 6.92 Å². The van der Waals surface area contributed by atoms with Crippen molar-refractivity contribution in [2.75, 3.05) is 4.90 Å². The van der Waals surface area contributed by atoms with E-state index >= 15 is 0 Å². The largest absolute Gasteiger partial charge is 0.378 e. The molecule has 52 heavy (non-hydrogen) atoms. The van der Waals surface area contributed by atoms with Crippen LogP contribution in [0.4, 0.5) is 17.1 Å². The first-order chi connectivity index (χ1) is 25.5. The number of hydrogen-bond acceptors (Lipinski definition) is 1. The van der Waals surface area contributed by atoms with Gasteiger partial charge >= 0.3 is 6.85 Å². The Balaban J connectivity index is 1.23. The normalized spacial score (nSPS) is 16.2. The number of aryl methyl sites for hydroxylation is 1. The number of para-hydroxylation sites is 3. The van der Waals surface area contributed by atoms with Crippen LogP contribution in [0.15, 0.2) is 146 Å². The standard InChI is InChI=1S/C48H33BN2Si/c1-28-26-34-31-17-12-18-33-43-32-16-4-7-19-35(32)48(2,3)47(43)51(45(31)33)49-36-20-13-25-42-46(36)50(38(27-28)44(34)49)37-21-8-11-24-41(37)52(42)39-22-9-5-14-29(39)30-15-6-10-23-40(30)52/h4-27H,1-3H3. The monoisotopic (exact) mass is 676 g/mol. The molecule has 0 saturated carbocycles. The second-order valence-corrected chi connectivity index (χ2v) is 19.7. The summed E-state index contributed by atoms with van der Waals surface area (Å²) in [5, 5.41) is 7.41. The minimum atomic E-state index is -2.70. The third kappa shape index (κ3) is 2.84. The summed E-state index contributed by atoms with van der Waals surface area (Å²) in [6, 6.07) is 56.5. The van der Waals surface area contributed by atoms with Crippen molar-refractivity contribution in [2.24, 2.45) is 0 Å². The molecule has 5 heterocycles. The maximum absolute atomic E-state index is 2.80. The molecule has 1 aliphatic carbocycles. The number of aromatic nitrogens is 1. The molecule has 1 aromatic heterocycles. The molecule has 0 bridgehead atoms. The van der Waals surface area contributed by atoms with Gasteiger partial charge in [0.05, 0.1) is 0 Å². The molecule has 4 aliphatic heterocycles. The molecule has 5 aliphatic rings. The smallest absolute Gasteiger partial charge is 0.332 e. The van der Waals surface area contributed by atoms with Crippen LogP contribution in [0.25, 0.3) is 44.3 Å². The van der Waals surface area contributed by atoms with Crippen LogP contribution in [-0.4, -0.2) is 19.4 Å². The molecule has 0 amide bonds. The Morgan fingerprint density at radius 2 is 1.19 bits per heavy atom. The predicted molar refractivity (Wildman–Crippen MR) is 221 cm³/mol. The quantitative estimate of drug-likeness (QED) is 0.153. The third-order valence-corrected chi connectivity index (χ3v) is 18.3. The van der Waals surface area contributed by atoms with Crippen LogP contribution < -0.4 is 36.6 Å². The first kappa shape index (κ1) is 27.8. The van der Waals surface area contributed by atoms with Crippen molar-refractivity contribution in [2.45, 2.75) is 26.2 Å². The van der Waals surface area contributed by atoms with Crippen molar-refractivity contribution >= 4 is 74.6 Å². The van der Waals surface area contributed by atoms with Crippen molar-refractivity contribution in [3.05, 3.63) is 162 Å². The third-order valence-electron chi connectivity index (χ3n) is 13.3. The molecule has 1 spiro atoms. The molecule has 0 radical (unpaired) electrons. The van der Waals surface area contributed by atoms with E-state index in [2.05, 4.69) is 176 Å². The maximum Gasteiger partial charge on any atom is 0.332 e. The topological polar surface area (TPSA) is 8.17 Å². The number of fused-ring (bicyclic) bond motifs is 18. The lowest BCUT2D eigenvalue weighted by Crippen LogP contribution is -2.77. The van der Waals surface area contributed by atoms with Crippen LogP contribution in [-0.2, 0) is 5.41 Å². The fraction of sp³-hybridized carbons (Fsp3) is 0.0833. The average molecular weight is 677 g/mol. The van der Waals surface area contributed by atoms with Gasteiger partial charge in [0.1, 0.15) is 0 Å². The van der Waals surface area contributed by atoms with Crippen molar-refractivity contribution in [1.29, 1.82) is 0 Å². The second-order valence-electron chi connectivity index (χ2n) is 16.1. The average Bonchev–Trinajstić information content (AvgIpc) is 3.76. The highest BCUT2D eigenvalue weighted by molar-refractivity contribution is 7.24. The summed E-state index contributed by atoms with van der Waals surface area (Å²) in [6.07, 6.45) is 0. The summed E-state index contributed by atoms with van der Waals surface area (Å²) in [7, 11) is -2.70. The summed E-state index contributed by atoms with van der Waals surface area (Å²) in [6.45, 7) is 7.24. The van der Waals surface area contributed by atoms with Gasteiger partial charge in [-0.25, -0.2) is 0 Å². The molecule has 0 unspecified atom stereocenters. The molecule has 242 valence electrons. The molecule has 2 nitrogen and oxygen atoms in total.